The maximum Gasteiger partial charge on any atom is 0.272 e. The molecule has 1 heterocycles. The Kier molecular flexibility index (Phi) is 3.13. The molecule has 0 spiro atoms. The molecule has 1 unspecified atom stereocenters. The Morgan fingerprint density at radius 2 is 2.06 bits per heavy atom. The number of benzene rings is 1. The molecule has 0 amide bonds. The molecule has 0 radical (unpaired) electrons. The van der Waals surface area contributed by atoms with Crippen molar-refractivity contribution in [2.24, 2.45) is 0 Å². The Bertz CT molecular complexity index is 637. The fourth-order valence-electron chi connectivity index (χ4n) is 1.88. The van der Waals surface area contributed by atoms with E-state index in [1.807, 2.05) is 24.3 Å². The molecule has 0 saturated heterocycles. The molecular weight excluding hydrogens is 238 g/mol. The van der Waals surface area contributed by atoms with Gasteiger partial charge in [0.2, 0.25) is 0 Å². The second-order valence-electron chi connectivity index (χ2n) is 3.87. The second-order valence-corrected chi connectivity index (χ2v) is 5.47. The fraction of sp³-hybridized carbons (Fsp3) is 0.250. The van der Waals surface area contributed by atoms with Crippen molar-refractivity contribution in [3.8, 4) is 0 Å². The van der Waals surface area contributed by atoms with Gasteiger partial charge in [0.15, 0.2) is 0 Å². The summed E-state index contributed by atoms with van der Waals surface area (Å²) >= 11 is 0. The first-order valence-corrected chi connectivity index (χ1v) is 6.83. The predicted octanol–water partition coefficient (Wildman–Crippen LogP) is 2.57. The Morgan fingerprint density at radius 1 is 1.35 bits per heavy atom. The number of aromatic nitrogens is 1. The number of para-hydroxylation sites is 1. The Balaban J connectivity index is 2.56. The minimum atomic E-state index is -4.08. The molecule has 17 heavy (non-hydrogen) atoms. The number of hydrogen-bond acceptors (Lipinski definition) is 3. The molecule has 5 heteroatoms. The van der Waals surface area contributed by atoms with Crippen LogP contribution in [-0.2, 0) is 10.1 Å². The average Bonchev–Trinajstić information content (AvgIpc) is 2.28. The molecule has 0 fully saturated rings. The summed E-state index contributed by atoms with van der Waals surface area (Å²) < 4.78 is 31.6. The van der Waals surface area contributed by atoms with Crippen molar-refractivity contribution in [3.05, 3.63) is 42.1 Å². The Labute approximate surface area is 100 Å². The topological polar surface area (TPSA) is 67.3 Å². The van der Waals surface area contributed by atoms with Gasteiger partial charge in [0.05, 0.1) is 5.52 Å². The lowest BCUT2D eigenvalue weighted by Crippen LogP contribution is -2.11. The van der Waals surface area contributed by atoms with Gasteiger partial charge in [0.1, 0.15) is 5.25 Å². The lowest BCUT2D eigenvalue weighted by atomic mass is 10.1. The average molecular weight is 251 g/mol. The van der Waals surface area contributed by atoms with Crippen LogP contribution in [0.3, 0.4) is 0 Å². The number of hydrogen-bond donors (Lipinski definition) is 1. The van der Waals surface area contributed by atoms with Crippen LogP contribution in [0.1, 0.15) is 24.2 Å². The third-order valence-electron chi connectivity index (χ3n) is 2.71. The van der Waals surface area contributed by atoms with Gasteiger partial charge in [0, 0.05) is 11.6 Å². The van der Waals surface area contributed by atoms with Gasteiger partial charge in [-0.25, -0.2) is 0 Å². The second kappa shape index (κ2) is 4.43. The molecular formula is C12H13NO3S. The Morgan fingerprint density at radius 3 is 2.71 bits per heavy atom. The van der Waals surface area contributed by atoms with Gasteiger partial charge in [-0.3, -0.25) is 9.54 Å². The van der Waals surface area contributed by atoms with Gasteiger partial charge in [-0.1, -0.05) is 25.1 Å². The third kappa shape index (κ3) is 2.45. The lowest BCUT2D eigenvalue weighted by molar-refractivity contribution is 0.466. The quantitative estimate of drug-likeness (QED) is 0.851. The molecule has 90 valence electrons. The van der Waals surface area contributed by atoms with Gasteiger partial charge in [-0.2, -0.15) is 8.42 Å². The minimum absolute atomic E-state index is 0.318. The molecule has 1 aromatic carbocycles. The van der Waals surface area contributed by atoms with Crippen molar-refractivity contribution in [1.82, 2.24) is 4.98 Å². The van der Waals surface area contributed by atoms with E-state index in [1.54, 1.807) is 13.0 Å². The number of pyridine rings is 1. The predicted molar refractivity (Wildman–Crippen MR) is 66.3 cm³/mol. The summed E-state index contributed by atoms with van der Waals surface area (Å²) in [6, 6.07) is 9.21. The normalized spacial score (nSPS) is 13.8. The van der Waals surface area contributed by atoms with Gasteiger partial charge in [0.25, 0.3) is 10.1 Å². The van der Waals surface area contributed by atoms with Gasteiger partial charge >= 0.3 is 0 Å². The summed E-state index contributed by atoms with van der Waals surface area (Å²) in [6.07, 6.45) is 1.82. The molecule has 0 aliphatic rings. The maximum absolute atomic E-state index is 11.2. The molecule has 0 aliphatic heterocycles. The molecule has 2 rings (SSSR count). The van der Waals surface area contributed by atoms with Crippen molar-refractivity contribution in [1.29, 1.82) is 0 Å². The van der Waals surface area contributed by atoms with Crippen molar-refractivity contribution in [3.63, 3.8) is 0 Å². The Hall–Kier alpha value is -1.46. The monoisotopic (exact) mass is 251 g/mol. The van der Waals surface area contributed by atoms with Crippen LogP contribution < -0.4 is 0 Å². The summed E-state index contributed by atoms with van der Waals surface area (Å²) in [5.41, 5.74) is 1.33. The molecule has 0 saturated carbocycles. The van der Waals surface area contributed by atoms with E-state index in [1.165, 1.54) is 6.20 Å². The van der Waals surface area contributed by atoms with Gasteiger partial charge in [-0.05, 0) is 24.1 Å². The van der Waals surface area contributed by atoms with Crippen LogP contribution in [-0.4, -0.2) is 18.0 Å². The van der Waals surface area contributed by atoms with Gasteiger partial charge in [-0.15, -0.1) is 0 Å². The molecule has 0 aliphatic carbocycles. The highest BCUT2D eigenvalue weighted by molar-refractivity contribution is 7.86. The van der Waals surface area contributed by atoms with Gasteiger partial charge < -0.3 is 0 Å². The first-order valence-electron chi connectivity index (χ1n) is 5.33. The smallest absolute Gasteiger partial charge is 0.272 e. The van der Waals surface area contributed by atoms with Crippen LogP contribution in [0.25, 0.3) is 10.9 Å². The zero-order valence-electron chi connectivity index (χ0n) is 9.37. The van der Waals surface area contributed by atoms with Crippen LogP contribution in [0.5, 0.6) is 0 Å². The van der Waals surface area contributed by atoms with Crippen LogP contribution in [0.4, 0.5) is 0 Å². The van der Waals surface area contributed by atoms with Crippen molar-refractivity contribution in [2.45, 2.75) is 18.6 Å². The summed E-state index contributed by atoms with van der Waals surface area (Å²) in [5, 5.41) is -0.0355. The zero-order chi connectivity index (χ0) is 12.5. The van der Waals surface area contributed by atoms with E-state index in [4.69, 9.17) is 4.55 Å². The maximum atomic E-state index is 11.2. The zero-order valence-corrected chi connectivity index (χ0v) is 10.2. The minimum Gasteiger partial charge on any atom is -0.285 e. The molecule has 1 aromatic heterocycles. The number of rotatable bonds is 3. The van der Waals surface area contributed by atoms with E-state index in [0.29, 0.717) is 12.0 Å². The standard InChI is InChI=1S/C12H13NO3S/c1-2-12(17(14,15)16)10-7-9-5-3-4-6-11(9)13-8-10/h3-8,12H,2H2,1H3,(H,14,15,16). The summed E-state index contributed by atoms with van der Waals surface area (Å²) in [4.78, 5) is 4.19. The molecule has 4 nitrogen and oxygen atoms in total. The van der Waals surface area contributed by atoms with E-state index < -0.39 is 15.4 Å². The van der Waals surface area contributed by atoms with E-state index in [0.717, 1.165) is 10.9 Å². The van der Waals surface area contributed by atoms with E-state index >= 15 is 0 Å². The van der Waals surface area contributed by atoms with E-state index in [2.05, 4.69) is 4.98 Å². The lowest BCUT2D eigenvalue weighted by Gasteiger charge is -2.11. The summed E-state index contributed by atoms with van der Waals surface area (Å²) in [7, 11) is -4.08. The van der Waals surface area contributed by atoms with Crippen LogP contribution in [0.2, 0.25) is 0 Å². The highest BCUT2D eigenvalue weighted by Crippen LogP contribution is 2.26. The highest BCUT2D eigenvalue weighted by atomic mass is 32.2. The van der Waals surface area contributed by atoms with Crippen LogP contribution >= 0.6 is 0 Å². The van der Waals surface area contributed by atoms with E-state index in [9.17, 15) is 8.42 Å². The number of nitrogens with zero attached hydrogens (tertiary/aromatic N) is 1. The summed E-state index contributed by atoms with van der Waals surface area (Å²) in [6.45, 7) is 1.72. The van der Waals surface area contributed by atoms with Crippen LogP contribution in [0, 0.1) is 0 Å². The summed E-state index contributed by atoms with van der Waals surface area (Å²) in [5.74, 6) is 0. The van der Waals surface area contributed by atoms with Crippen LogP contribution in [0.15, 0.2) is 36.5 Å². The highest BCUT2D eigenvalue weighted by Gasteiger charge is 2.23. The first-order chi connectivity index (χ1) is 8.02. The van der Waals surface area contributed by atoms with Crippen molar-refractivity contribution < 1.29 is 13.0 Å². The molecule has 0 bridgehead atoms. The third-order valence-corrected chi connectivity index (χ3v) is 4.04. The molecule has 2 aromatic rings. The van der Waals surface area contributed by atoms with Crippen molar-refractivity contribution in [2.75, 3.05) is 0 Å². The SMILES string of the molecule is CCC(c1cnc2ccccc2c1)S(=O)(=O)O. The van der Waals surface area contributed by atoms with Crippen molar-refractivity contribution >= 4 is 21.0 Å². The van der Waals surface area contributed by atoms with E-state index in [-0.39, 0.29) is 0 Å². The fourth-order valence-corrected chi connectivity index (χ4v) is 2.78. The largest absolute Gasteiger partial charge is 0.285 e. The molecule has 1 atom stereocenters. The first kappa shape index (κ1) is 12.0. The number of fused-ring (bicyclic) bond motifs is 1. The molecule has 1 N–H and O–H groups in total.